The van der Waals surface area contributed by atoms with Gasteiger partial charge < -0.3 is 20.4 Å². The zero-order chi connectivity index (χ0) is 14.5. The van der Waals surface area contributed by atoms with Crippen LogP contribution < -0.4 is 0 Å². The second kappa shape index (κ2) is 6.63. The third-order valence-corrected chi connectivity index (χ3v) is 3.31. The molecule has 106 valence electrons. The molecule has 0 aliphatic carbocycles. The Kier molecular flexibility index (Phi) is 4.87. The van der Waals surface area contributed by atoms with Gasteiger partial charge in [-0.2, -0.15) is 0 Å². The summed E-state index contributed by atoms with van der Waals surface area (Å²) in [6.45, 7) is -0.497. The van der Waals surface area contributed by atoms with Crippen molar-refractivity contribution >= 4 is 0 Å². The lowest BCUT2D eigenvalue weighted by Crippen LogP contribution is -2.00. The number of rotatable bonds is 5. The van der Waals surface area contributed by atoms with Gasteiger partial charge in [0.2, 0.25) is 0 Å². The van der Waals surface area contributed by atoms with E-state index >= 15 is 0 Å². The Bertz CT molecular complexity index is 551. The summed E-state index contributed by atoms with van der Waals surface area (Å²) in [7, 11) is 0. The van der Waals surface area contributed by atoms with E-state index in [1.165, 1.54) is 0 Å². The molecule has 0 amide bonds. The fraction of sp³-hybridized carbons (Fsp3) is 0.250. The van der Waals surface area contributed by atoms with Gasteiger partial charge in [0.05, 0.1) is 26.4 Å². The average Bonchev–Trinajstić information content (AvgIpc) is 2.53. The first-order valence-electron chi connectivity index (χ1n) is 6.41. The van der Waals surface area contributed by atoms with Crippen LogP contribution in [0.4, 0.5) is 0 Å². The molecule has 0 atom stereocenters. The highest BCUT2D eigenvalue weighted by Crippen LogP contribution is 2.30. The zero-order valence-corrected chi connectivity index (χ0v) is 11.1. The monoisotopic (exact) mass is 274 g/mol. The average molecular weight is 274 g/mol. The van der Waals surface area contributed by atoms with Crippen molar-refractivity contribution in [2.24, 2.45) is 0 Å². The molecule has 4 heteroatoms. The summed E-state index contributed by atoms with van der Waals surface area (Å²) in [5.41, 5.74) is 4.43. The Morgan fingerprint density at radius 1 is 0.600 bits per heavy atom. The van der Waals surface area contributed by atoms with Gasteiger partial charge in [-0.1, -0.05) is 36.4 Å². The van der Waals surface area contributed by atoms with E-state index in [0.29, 0.717) is 16.7 Å². The third-order valence-electron chi connectivity index (χ3n) is 3.31. The summed E-state index contributed by atoms with van der Waals surface area (Å²) in [4.78, 5) is 0. The fourth-order valence-corrected chi connectivity index (χ4v) is 2.33. The summed E-state index contributed by atoms with van der Waals surface area (Å²) >= 11 is 0. The predicted molar refractivity (Wildman–Crippen MR) is 75.6 cm³/mol. The first-order valence-corrected chi connectivity index (χ1v) is 6.41. The van der Waals surface area contributed by atoms with Gasteiger partial charge in [0.1, 0.15) is 0 Å². The highest BCUT2D eigenvalue weighted by molar-refractivity contribution is 5.72. The Labute approximate surface area is 117 Å². The second-order valence-electron chi connectivity index (χ2n) is 4.62. The maximum Gasteiger partial charge on any atom is 0.0688 e. The quantitative estimate of drug-likeness (QED) is 0.663. The normalized spacial score (nSPS) is 10.8. The molecule has 2 rings (SSSR count). The number of hydrogen-bond acceptors (Lipinski definition) is 4. The lowest BCUT2D eigenvalue weighted by molar-refractivity contribution is 0.269. The highest BCUT2D eigenvalue weighted by atomic mass is 16.3. The van der Waals surface area contributed by atoms with Crippen LogP contribution in [0.25, 0.3) is 11.1 Å². The Morgan fingerprint density at radius 3 is 1.50 bits per heavy atom. The summed E-state index contributed by atoms with van der Waals surface area (Å²) in [5.74, 6) is 0. The van der Waals surface area contributed by atoms with Crippen molar-refractivity contribution < 1.29 is 20.4 Å². The van der Waals surface area contributed by atoms with E-state index in [2.05, 4.69) is 0 Å². The standard InChI is InChI=1S/C16H18O4/c17-7-11-1-3-13(4-2-11)16-14(9-19)5-12(8-18)6-15(16)10-20/h1-6,17-20H,7-10H2. The van der Waals surface area contributed by atoms with Crippen molar-refractivity contribution in [2.75, 3.05) is 0 Å². The van der Waals surface area contributed by atoms with Crippen LogP contribution in [0.1, 0.15) is 22.3 Å². The lowest BCUT2D eigenvalue weighted by Gasteiger charge is -2.15. The van der Waals surface area contributed by atoms with Crippen LogP contribution in [0.15, 0.2) is 36.4 Å². The predicted octanol–water partition coefficient (Wildman–Crippen LogP) is 1.32. The molecule has 0 radical (unpaired) electrons. The van der Waals surface area contributed by atoms with Gasteiger partial charge in [-0.25, -0.2) is 0 Å². The van der Waals surface area contributed by atoms with Gasteiger partial charge >= 0.3 is 0 Å². The fourth-order valence-electron chi connectivity index (χ4n) is 2.33. The largest absolute Gasteiger partial charge is 0.392 e. The second-order valence-corrected chi connectivity index (χ2v) is 4.62. The molecule has 2 aromatic carbocycles. The Morgan fingerprint density at radius 2 is 1.10 bits per heavy atom. The van der Waals surface area contributed by atoms with Gasteiger partial charge in [0.25, 0.3) is 0 Å². The number of aliphatic hydroxyl groups excluding tert-OH is 4. The molecule has 0 unspecified atom stereocenters. The third kappa shape index (κ3) is 2.89. The van der Waals surface area contributed by atoms with Crippen LogP contribution in [0, 0.1) is 0 Å². The van der Waals surface area contributed by atoms with E-state index in [1.807, 2.05) is 12.1 Å². The molecular weight excluding hydrogens is 256 g/mol. The number of benzene rings is 2. The van der Waals surface area contributed by atoms with E-state index in [0.717, 1.165) is 16.7 Å². The number of aliphatic hydroxyl groups is 4. The Balaban J connectivity index is 2.57. The maximum atomic E-state index is 9.52. The van der Waals surface area contributed by atoms with Crippen LogP contribution in [0.5, 0.6) is 0 Å². The molecule has 0 fully saturated rings. The van der Waals surface area contributed by atoms with Gasteiger partial charge in [-0.3, -0.25) is 0 Å². The minimum absolute atomic E-state index is 0.0244. The molecule has 0 spiro atoms. The van der Waals surface area contributed by atoms with Gasteiger partial charge in [-0.15, -0.1) is 0 Å². The van der Waals surface area contributed by atoms with Crippen molar-refractivity contribution in [3.63, 3.8) is 0 Å². The summed E-state index contributed by atoms with van der Waals surface area (Å²) in [5, 5.41) is 37.3. The van der Waals surface area contributed by atoms with Crippen molar-refractivity contribution in [2.45, 2.75) is 26.4 Å². The van der Waals surface area contributed by atoms with E-state index in [-0.39, 0.29) is 26.4 Å². The van der Waals surface area contributed by atoms with Crippen LogP contribution in [-0.2, 0) is 26.4 Å². The van der Waals surface area contributed by atoms with Crippen molar-refractivity contribution in [3.05, 3.63) is 58.7 Å². The van der Waals surface area contributed by atoms with Crippen molar-refractivity contribution in [1.29, 1.82) is 0 Å². The van der Waals surface area contributed by atoms with Crippen LogP contribution in [0.3, 0.4) is 0 Å². The van der Waals surface area contributed by atoms with Crippen LogP contribution >= 0.6 is 0 Å². The molecule has 0 saturated carbocycles. The molecule has 4 N–H and O–H groups in total. The summed E-state index contributed by atoms with van der Waals surface area (Å²) < 4.78 is 0. The molecule has 0 saturated heterocycles. The van der Waals surface area contributed by atoms with Gasteiger partial charge in [0, 0.05) is 0 Å². The van der Waals surface area contributed by atoms with Crippen LogP contribution in [-0.4, -0.2) is 20.4 Å². The first kappa shape index (κ1) is 14.7. The van der Waals surface area contributed by atoms with E-state index in [4.69, 9.17) is 5.11 Å². The van der Waals surface area contributed by atoms with E-state index < -0.39 is 0 Å². The molecule has 0 aliphatic heterocycles. The highest BCUT2D eigenvalue weighted by Gasteiger charge is 2.12. The number of hydrogen-bond donors (Lipinski definition) is 4. The maximum absolute atomic E-state index is 9.52. The van der Waals surface area contributed by atoms with Crippen molar-refractivity contribution in [1.82, 2.24) is 0 Å². The first-order chi connectivity index (χ1) is 9.73. The lowest BCUT2D eigenvalue weighted by atomic mass is 9.92. The van der Waals surface area contributed by atoms with Gasteiger partial charge in [-0.05, 0) is 33.4 Å². The molecule has 4 nitrogen and oxygen atoms in total. The summed E-state index contributed by atoms with van der Waals surface area (Å²) in [6.07, 6.45) is 0. The molecule has 0 bridgehead atoms. The molecule has 0 heterocycles. The molecule has 0 aliphatic rings. The zero-order valence-electron chi connectivity index (χ0n) is 11.1. The smallest absolute Gasteiger partial charge is 0.0688 e. The minimum atomic E-state index is -0.169. The molecule has 20 heavy (non-hydrogen) atoms. The van der Waals surface area contributed by atoms with E-state index in [9.17, 15) is 15.3 Å². The SMILES string of the molecule is OCc1ccc(-c2c(CO)cc(CO)cc2CO)cc1. The van der Waals surface area contributed by atoms with Crippen LogP contribution in [0.2, 0.25) is 0 Å². The topological polar surface area (TPSA) is 80.9 Å². The van der Waals surface area contributed by atoms with E-state index in [1.54, 1.807) is 24.3 Å². The molecule has 2 aromatic rings. The Hall–Kier alpha value is -1.72. The molecular formula is C16H18O4. The minimum Gasteiger partial charge on any atom is -0.392 e. The van der Waals surface area contributed by atoms with Gasteiger partial charge in [0.15, 0.2) is 0 Å². The summed E-state index contributed by atoms with van der Waals surface area (Å²) in [6, 6.07) is 10.8. The molecule has 0 aromatic heterocycles. The van der Waals surface area contributed by atoms with Crippen molar-refractivity contribution in [3.8, 4) is 11.1 Å².